The monoisotopic (exact) mass is 587 g/mol. The number of anilines is 1. The SMILES string of the molecule is O=C(COC(=O)c1ccc(N2C(=O)C[C@@H](SC(=S)N3CCN(Cc4ccccc4)CC3)C2=O)cc1)c1ccccc1. The Hall–Kier alpha value is -3.86. The summed E-state index contributed by atoms with van der Waals surface area (Å²) in [7, 11) is 0. The molecule has 3 aromatic rings. The second kappa shape index (κ2) is 13.2. The average Bonchev–Trinajstić information content (AvgIpc) is 3.28. The van der Waals surface area contributed by atoms with Crippen LogP contribution in [0.5, 0.6) is 0 Å². The zero-order valence-corrected chi connectivity index (χ0v) is 23.9. The predicted octanol–water partition coefficient (Wildman–Crippen LogP) is 4.19. The van der Waals surface area contributed by atoms with Crippen molar-refractivity contribution in [2.45, 2.75) is 18.2 Å². The topological polar surface area (TPSA) is 87.2 Å². The summed E-state index contributed by atoms with van der Waals surface area (Å²) in [6, 6.07) is 24.9. The Kier molecular flexibility index (Phi) is 9.23. The number of hydrogen-bond donors (Lipinski definition) is 0. The lowest BCUT2D eigenvalue weighted by atomic mass is 10.1. The molecular formula is C31H29N3O5S2. The molecule has 0 saturated carbocycles. The molecule has 0 aromatic heterocycles. The maximum Gasteiger partial charge on any atom is 0.338 e. The van der Waals surface area contributed by atoms with E-state index >= 15 is 0 Å². The standard InChI is InChI=1S/C31H29N3O5S2/c35-26(23-9-5-2-6-10-23)21-39-30(38)24-11-13-25(14-12-24)34-28(36)19-27(29(34)37)41-31(40)33-17-15-32(16-18-33)20-22-7-3-1-4-8-22/h1-14,27H,15-21H2/t27-/m1/s1. The second-order valence-electron chi connectivity index (χ2n) is 9.80. The molecule has 2 aliphatic rings. The predicted molar refractivity (Wildman–Crippen MR) is 162 cm³/mol. The third-order valence-corrected chi connectivity index (χ3v) is 8.68. The third kappa shape index (κ3) is 7.08. The van der Waals surface area contributed by atoms with Gasteiger partial charge in [-0.1, -0.05) is 84.6 Å². The van der Waals surface area contributed by atoms with Gasteiger partial charge < -0.3 is 9.64 Å². The van der Waals surface area contributed by atoms with Crippen molar-refractivity contribution in [3.05, 3.63) is 102 Å². The second-order valence-corrected chi connectivity index (χ2v) is 11.6. The number of carbonyl (C=O) groups is 4. The third-order valence-electron chi connectivity index (χ3n) is 7.02. The summed E-state index contributed by atoms with van der Waals surface area (Å²) in [5.74, 6) is -1.61. The van der Waals surface area contributed by atoms with Gasteiger partial charge in [-0.05, 0) is 29.8 Å². The van der Waals surface area contributed by atoms with Crippen LogP contribution in [0.3, 0.4) is 0 Å². The zero-order chi connectivity index (χ0) is 28.8. The minimum atomic E-state index is -0.664. The van der Waals surface area contributed by atoms with Crippen LogP contribution in [0.25, 0.3) is 0 Å². The summed E-state index contributed by atoms with van der Waals surface area (Å²) >= 11 is 6.92. The van der Waals surface area contributed by atoms with Gasteiger partial charge in [0.15, 0.2) is 12.4 Å². The maximum absolute atomic E-state index is 13.2. The van der Waals surface area contributed by atoms with E-state index in [9.17, 15) is 19.2 Å². The molecule has 210 valence electrons. The van der Waals surface area contributed by atoms with Gasteiger partial charge in [-0.25, -0.2) is 9.69 Å². The number of thiocarbonyl (C=S) groups is 1. The molecule has 0 aliphatic carbocycles. The first-order chi connectivity index (χ1) is 19.9. The normalized spacial score (nSPS) is 17.5. The van der Waals surface area contributed by atoms with Crippen LogP contribution in [-0.2, 0) is 20.9 Å². The Morgan fingerprint density at radius 1 is 0.829 bits per heavy atom. The van der Waals surface area contributed by atoms with E-state index in [1.54, 1.807) is 30.3 Å². The number of ether oxygens (including phenoxy) is 1. The van der Waals surface area contributed by atoms with Gasteiger partial charge in [0.25, 0.3) is 0 Å². The van der Waals surface area contributed by atoms with Crippen molar-refractivity contribution in [1.82, 2.24) is 9.80 Å². The molecule has 41 heavy (non-hydrogen) atoms. The molecule has 2 saturated heterocycles. The fourth-order valence-electron chi connectivity index (χ4n) is 4.76. The molecular weight excluding hydrogens is 558 g/mol. The van der Waals surface area contributed by atoms with E-state index in [4.69, 9.17) is 17.0 Å². The maximum atomic E-state index is 13.2. The van der Waals surface area contributed by atoms with Crippen LogP contribution >= 0.6 is 24.0 Å². The number of rotatable bonds is 8. The number of carbonyl (C=O) groups excluding carboxylic acids is 4. The number of nitrogens with zero attached hydrogens (tertiary/aromatic N) is 3. The number of hydrogen-bond acceptors (Lipinski definition) is 8. The van der Waals surface area contributed by atoms with Crippen molar-refractivity contribution in [2.75, 3.05) is 37.7 Å². The van der Waals surface area contributed by atoms with Gasteiger partial charge in [0, 0.05) is 44.7 Å². The van der Waals surface area contributed by atoms with E-state index in [0.29, 0.717) is 15.6 Å². The van der Waals surface area contributed by atoms with E-state index in [2.05, 4.69) is 21.9 Å². The molecule has 0 radical (unpaired) electrons. The van der Waals surface area contributed by atoms with Crippen molar-refractivity contribution in [1.29, 1.82) is 0 Å². The highest BCUT2D eigenvalue weighted by Gasteiger charge is 2.41. The lowest BCUT2D eigenvalue weighted by Gasteiger charge is -2.36. The van der Waals surface area contributed by atoms with Crippen LogP contribution in [0.4, 0.5) is 5.69 Å². The van der Waals surface area contributed by atoms with E-state index in [0.717, 1.165) is 37.6 Å². The number of benzene rings is 3. The Labute approximate surface area is 248 Å². The van der Waals surface area contributed by atoms with Crippen LogP contribution in [-0.4, -0.2) is 75.7 Å². The molecule has 0 bridgehead atoms. The molecule has 2 amide bonds. The Morgan fingerprint density at radius 2 is 1.46 bits per heavy atom. The minimum absolute atomic E-state index is 0.0585. The van der Waals surface area contributed by atoms with E-state index in [-0.39, 0.29) is 36.2 Å². The molecule has 3 aromatic carbocycles. The van der Waals surface area contributed by atoms with Crippen molar-refractivity contribution in [2.24, 2.45) is 0 Å². The van der Waals surface area contributed by atoms with Gasteiger partial charge in [-0.3, -0.25) is 19.3 Å². The minimum Gasteiger partial charge on any atom is -0.454 e. The van der Waals surface area contributed by atoms with E-state index in [1.807, 2.05) is 18.2 Å². The van der Waals surface area contributed by atoms with Gasteiger partial charge in [0.1, 0.15) is 9.57 Å². The fraction of sp³-hybridized carbons (Fsp3) is 0.258. The Bertz CT molecular complexity index is 1430. The first-order valence-corrected chi connectivity index (χ1v) is 14.6. The highest BCUT2D eigenvalue weighted by atomic mass is 32.2. The van der Waals surface area contributed by atoms with Crippen molar-refractivity contribution >= 4 is 57.6 Å². The molecule has 0 N–H and O–H groups in total. The summed E-state index contributed by atoms with van der Waals surface area (Å²) in [6.45, 7) is 3.79. The van der Waals surface area contributed by atoms with E-state index < -0.39 is 11.2 Å². The van der Waals surface area contributed by atoms with Crippen molar-refractivity contribution in [3.8, 4) is 0 Å². The average molecular weight is 588 g/mol. The van der Waals surface area contributed by atoms with Gasteiger partial charge >= 0.3 is 5.97 Å². The summed E-state index contributed by atoms with van der Waals surface area (Å²) in [5, 5.41) is -0.592. The van der Waals surface area contributed by atoms with Crippen LogP contribution in [0.2, 0.25) is 0 Å². The summed E-state index contributed by atoms with van der Waals surface area (Å²) < 4.78 is 5.77. The first kappa shape index (κ1) is 28.7. The smallest absolute Gasteiger partial charge is 0.338 e. The molecule has 2 fully saturated rings. The lowest BCUT2D eigenvalue weighted by molar-refractivity contribution is -0.121. The number of ketones is 1. The quantitative estimate of drug-likeness (QED) is 0.167. The molecule has 2 aliphatic heterocycles. The summed E-state index contributed by atoms with van der Waals surface area (Å²) in [5.41, 5.74) is 2.32. The molecule has 0 unspecified atom stereocenters. The summed E-state index contributed by atoms with van der Waals surface area (Å²) in [4.78, 5) is 56.2. The lowest BCUT2D eigenvalue weighted by Crippen LogP contribution is -2.47. The van der Waals surface area contributed by atoms with Crippen LogP contribution in [0.1, 0.15) is 32.7 Å². The highest BCUT2D eigenvalue weighted by molar-refractivity contribution is 8.23. The van der Waals surface area contributed by atoms with Crippen molar-refractivity contribution in [3.63, 3.8) is 0 Å². The molecule has 8 nitrogen and oxygen atoms in total. The molecule has 5 rings (SSSR count). The molecule has 1 atom stereocenters. The number of imide groups is 1. The Balaban J connectivity index is 1.11. The fourth-order valence-corrected chi connectivity index (χ4v) is 6.30. The number of amides is 2. The zero-order valence-electron chi connectivity index (χ0n) is 22.3. The Morgan fingerprint density at radius 3 is 2.12 bits per heavy atom. The van der Waals surface area contributed by atoms with Crippen molar-refractivity contribution < 1.29 is 23.9 Å². The molecule has 2 heterocycles. The highest BCUT2D eigenvalue weighted by Crippen LogP contribution is 2.31. The molecule has 10 heteroatoms. The number of thioether (sulfide) groups is 1. The van der Waals surface area contributed by atoms with Gasteiger partial charge in [-0.15, -0.1) is 0 Å². The van der Waals surface area contributed by atoms with Gasteiger partial charge in [0.2, 0.25) is 11.8 Å². The number of esters is 1. The number of piperazine rings is 1. The van der Waals surface area contributed by atoms with Crippen LogP contribution in [0, 0.1) is 0 Å². The van der Waals surface area contributed by atoms with E-state index in [1.165, 1.54) is 41.6 Å². The summed E-state index contributed by atoms with van der Waals surface area (Å²) in [6.07, 6.45) is 0.0585. The van der Waals surface area contributed by atoms with Gasteiger partial charge in [-0.2, -0.15) is 0 Å². The first-order valence-electron chi connectivity index (χ1n) is 13.3. The van der Waals surface area contributed by atoms with Crippen LogP contribution < -0.4 is 4.90 Å². The number of Topliss-reactive ketones (excluding diaryl/α,β-unsaturated/α-hetero) is 1. The largest absolute Gasteiger partial charge is 0.454 e. The molecule has 0 spiro atoms. The van der Waals surface area contributed by atoms with Crippen LogP contribution in [0.15, 0.2) is 84.9 Å². The van der Waals surface area contributed by atoms with Gasteiger partial charge in [0.05, 0.1) is 11.3 Å².